The van der Waals surface area contributed by atoms with Gasteiger partial charge in [0.05, 0.1) is 0 Å². The Labute approximate surface area is 99.5 Å². The van der Waals surface area contributed by atoms with E-state index in [9.17, 15) is 10.0 Å². The molecule has 2 aliphatic rings. The van der Waals surface area contributed by atoms with Crippen molar-refractivity contribution < 1.29 is 9.86 Å². The van der Waals surface area contributed by atoms with Crippen LogP contribution >= 0.6 is 0 Å². The van der Waals surface area contributed by atoms with Gasteiger partial charge in [-0.1, -0.05) is 0 Å². The summed E-state index contributed by atoms with van der Waals surface area (Å²) in [4.78, 5) is 14.7. The van der Waals surface area contributed by atoms with Gasteiger partial charge in [-0.3, -0.25) is 5.06 Å². The minimum atomic E-state index is 0.0107. The molecule has 1 heterocycles. The van der Waals surface area contributed by atoms with Gasteiger partial charge in [-0.05, 0) is 36.5 Å². The lowest BCUT2D eigenvalue weighted by atomic mass is 10.1. The van der Waals surface area contributed by atoms with Crippen LogP contribution in [-0.2, 0) is 17.6 Å². The van der Waals surface area contributed by atoms with Crippen LogP contribution in [-0.4, -0.2) is 12.1 Å². The number of amidine groups is 1. The number of carbonyl (C=O) groups excluding carboxylic acids is 1. The lowest BCUT2D eigenvalue weighted by Crippen LogP contribution is -3.03. The number of quaternary nitrogens is 1. The number of hydroxylamine groups is 1. The van der Waals surface area contributed by atoms with E-state index in [2.05, 4.69) is 4.99 Å². The molecule has 0 spiro atoms. The van der Waals surface area contributed by atoms with Gasteiger partial charge < -0.3 is 10.0 Å². The van der Waals surface area contributed by atoms with E-state index in [0.29, 0.717) is 18.7 Å². The molecular formula is C13H14N2O2. The highest BCUT2D eigenvalue weighted by Gasteiger charge is 2.26. The number of hydrogen-bond donors (Lipinski definition) is 1. The first kappa shape index (κ1) is 10.6. The first-order valence-corrected chi connectivity index (χ1v) is 6.01. The van der Waals surface area contributed by atoms with E-state index in [0.717, 1.165) is 30.5 Å². The highest BCUT2D eigenvalue weighted by atomic mass is 16.5. The number of fused-ring (bicyclic) bond motifs is 2. The fraction of sp³-hybridized carbons (Fsp3) is 0.385. The molecule has 0 bridgehead atoms. The van der Waals surface area contributed by atoms with Crippen LogP contribution in [0.3, 0.4) is 0 Å². The summed E-state index contributed by atoms with van der Waals surface area (Å²) in [5.41, 5.74) is 4.16. The van der Waals surface area contributed by atoms with E-state index < -0.39 is 0 Å². The number of aliphatic imine (C=N–C) groups is 1. The number of benzene rings is 1. The Kier molecular flexibility index (Phi) is 2.53. The van der Waals surface area contributed by atoms with Gasteiger partial charge >= 0.3 is 0 Å². The number of carbonyl (C=O) groups is 1. The molecular weight excluding hydrogens is 216 g/mol. The average molecular weight is 230 g/mol. The fourth-order valence-corrected chi connectivity index (χ4v) is 2.60. The largest absolute Gasteiger partial charge is 0.622 e. The molecule has 3 rings (SSSR count). The van der Waals surface area contributed by atoms with Crippen molar-refractivity contribution in [2.24, 2.45) is 4.99 Å². The third kappa shape index (κ3) is 1.69. The summed E-state index contributed by atoms with van der Waals surface area (Å²) < 4.78 is 0. The molecule has 4 nitrogen and oxygen atoms in total. The van der Waals surface area contributed by atoms with Crippen LogP contribution in [0, 0.1) is 5.21 Å². The Morgan fingerprint density at radius 1 is 1.35 bits per heavy atom. The lowest BCUT2D eigenvalue weighted by molar-refractivity contribution is -0.665. The number of hydrogen-bond acceptors (Lipinski definition) is 3. The van der Waals surface area contributed by atoms with Crippen LogP contribution in [0.1, 0.15) is 30.4 Å². The average Bonchev–Trinajstić information content (AvgIpc) is 2.89. The van der Waals surface area contributed by atoms with E-state index in [-0.39, 0.29) is 5.06 Å². The number of nitrogens with one attached hydrogen (secondary N) is 1. The minimum Gasteiger partial charge on any atom is -0.622 e. The van der Waals surface area contributed by atoms with Gasteiger partial charge in [0.15, 0.2) is 5.69 Å². The zero-order valence-electron chi connectivity index (χ0n) is 9.53. The van der Waals surface area contributed by atoms with Gasteiger partial charge in [-0.15, -0.1) is 0 Å². The SMILES string of the molecule is O=CCCC1=Nc2cc3c(cc2[NH+]1[O-])CCC3. The van der Waals surface area contributed by atoms with Crippen molar-refractivity contribution in [1.82, 2.24) is 0 Å². The normalized spacial score (nSPS) is 21.0. The maximum atomic E-state index is 12.1. The summed E-state index contributed by atoms with van der Waals surface area (Å²) in [6.07, 6.45) is 5.00. The first-order chi connectivity index (χ1) is 8.29. The Morgan fingerprint density at radius 3 is 2.88 bits per heavy atom. The van der Waals surface area contributed by atoms with Gasteiger partial charge in [0.1, 0.15) is 12.0 Å². The molecule has 1 atom stereocenters. The van der Waals surface area contributed by atoms with Crippen molar-refractivity contribution >= 4 is 23.5 Å². The Hall–Kier alpha value is -1.52. The van der Waals surface area contributed by atoms with Gasteiger partial charge in [0.25, 0.3) is 0 Å². The van der Waals surface area contributed by atoms with Crippen LogP contribution < -0.4 is 5.06 Å². The summed E-state index contributed by atoms with van der Waals surface area (Å²) in [7, 11) is 0. The zero-order valence-corrected chi connectivity index (χ0v) is 9.53. The molecule has 0 saturated heterocycles. The van der Waals surface area contributed by atoms with Gasteiger partial charge in [-0.2, -0.15) is 4.99 Å². The molecule has 0 radical (unpaired) electrons. The summed E-state index contributed by atoms with van der Waals surface area (Å²) in [6, 6.07) is 4.04. The molecule has 0 fully saturated rings. The number of aryl methyl sites for hydroxylation is 2. The molecule has 1 aliphatic heterocycles. The molecule has 0 aromatic heterocycles. The number of aldehydes is 1. The van der Waals surface area contributed by atoms with Crippen LogP contribution in [0.15, 0.2) is 17.1 Å². The van der Waals surface area contributed by atoms with Crippen molar-refractivity contribution in [1.29, 1.82) is 0 Å². The summed E-state index contributed by atoms with van der Waals surface area (Å²) in [6.45, 7) is 0. The van der Waals surface area contributed by atoms with Gasteiger partial charge in [-0.25, -0.2) is 0 Å². The Morgan fingerprint density at radius 2 is 2.12 bits per heavy atom. The van der Waals surface area contributed by atoms with E-state index in [1.54, 1.807) is 0 Å². The highest BCUT2D eigenvalue weighted by molar-refractivity contribution is 5.87. The van der Waals surface area contributed by atoms with Crippen LogP contribution in [0.25, 0.3) is 0 Å². The van der Waals surface area contributed by atoms with E-state index in [1.165, 1.54) is 17.5 Å². The smallest absolute Gasteiger partial charge is 0.207 e. The zero-order chi connectivity index (χ0) is 11.8. The Balaban J connectivity index is 1.94. The van der Waals surface area contributed by atoms with Crippen molar-refractivity contribution in [3.8, 4) is 0 Å². The van der Waals surface area contributed by atoms with Crippen LogP contribution in [0.2, 0.25) is 0 Å². The molecule has 88 valence electrons. The molecule has 1 aromatic carbocycles. The standard InChI is InChI=1S/C13H14N2O2/c16-6-2-5-13-14-11-7-9-3-1-4-10(9)8-12(11)15(13)17/h6-8,15H,1-5H2. The number of nitrogens with zero attached hydrogens (tertiary/aromatic N) is 1. The lowest BCUT2D eigenvalue weighted by Gasteiger charge is -2.17. The van der Waals surface area contributed by atoms with Crippen molar-refractivity contribution in [2.75, 3.05) is 0 Å². The van der Waals surface area contributed by atoms with E-state index in [4.69, 9.17) is 0 Å². The van der Waals surface area contributed by atoms with Gasteiger partial charge in [0, 0.05) is 18.9 Å². The Bertz CT molecular complexity index is 508. The topological polar surface area (TPSA) is 56.9 Å². The second-order valence-corrected chi connectivity index (χ2v) is 4.58. The fourth-order valence-electron chi connectivity index (χ4n) is 2.60. The minimum absolute atomic E-state index is 0.0107. The quantitative estimate of drug-likeness (QED) is 0.627. The maximum absolute atomic E-state index is 12.1. The summed E-state index contributed by atoms with van der Waals surface area (Å²) in [5, 5.41) is 12.1. The van der Waals surface area contributed by atoms with E-state index >= 15 is 0 Å². The third-order valence-electron chi connectivity index (χ3n) is 3.47. The molecule has 0 saturated carbocycles. The van der Waals surface area contributed by atoms with Crippen molar-refractivity contribution in [2.45, 2.75) is 32.1 Å². The first-order valence-electron chi connectivity index (χ1n) is 6.01. The number of rotatable bonds is 3. The molecule has 1 aliphatic carbocycles. The second-order valence-electron chi connectivity index (χ2n) is 4.58. The van der Waals surface area contributed by atoms with Crippen LogP contribution in [0.4, 0.5) is 11.4 Å². The summed E-state index contributed by atoms with van der Waals surface area (Å²) >= 11 is 0. The molecule has 0 amide bonds. The monoisotopic (exact) mass is 230 g/mol. The van der Waals surface area contributed by atoms with Crippen molar-refractivity contribution in [3.05, 3.63) is 28.5 Å². The predicted molar refractivity (Wildman–Crippen MR) is 64.8 cm³/mol. The van der Waals surface area contributed by atoms with E-state index in [1.807, 2.05) is 12.1 Å². The van der Waals surface area contributed by atoms with Gasteiger partial charge in [0.2, 0.25) is 5.84 Å². The molecule has 4 heteroatoms. The predicted octanol–water partition coefficient (Wildman–Crippen LogP) is 1.21. The molecule has 1 N–H and O–H groups in total. The maximum Gasteiger partial charge on any atom is 0.207 e. The molecule has 1 unspecified atom stereocenters. The third-order valence-corrected chi connectivity index (χ3v) is 3.47. The van der Waals surface area contributed by atoms with Crippen LogP contribution in [0.5, 0.6) is 0 Å². The van der Waals surface area contributed by atoms with Crippen molar-refractivity contribution in [3.63, 3.8) is 0 Å². The molecule has 17 heavy (non-hydrogen) atoms. The highest BCUT2D eigenvalue weighted by Crippen LogP contribution is 2.33. The molecule has 1 aromatic rings. The second kappa shape index (κ2) is 4.05. The summed E-state index contributed by atoms with van der Waals surface area (Å²) in [5.74, 6) is 0.538.